The van der Waals surface area contributed by atoms with E-state index in [1.54, 1.807) is 38.5 Å². The molecule has 3 aromatic carbocycles. The average molecular weight is 497 g/mol. The molecule has 3 aromatic rings. The minimum absolute atomic E-state index is 0.00433. The van der Waals surface area contributed by atoms with Crippen LogP contribution in [0.1, 0.15) is 22.7 Å². The molecule has 0 unspecified atom stereocenters. The number of benzene rings is 3. The molecule has 3 rings (SSSR count). The first-order valence-electron chi connectivity index (χ1n) is 10.8. The molecule has 36 heavy (non-hydrogen) atoms. The first-order chi connectivity index (χ1) is 17.4. The van der Waals surface area contributed by atoms with Crippen molar-refractivity contribution in [3.63, 3.8) is 0 Å². The highest BCUT2D eigenvalue weighted by Gasteiger charge is 2.18. The molecule has 9 heteroatoms. The highest BCUT2D eigenvalue weighted by Crippen LogP contribution is 2.26. The average Bonchev–Trinajstić information content (AvgIpc) is 2.90. The summed E-state index contributed by atoms with van der Waals surface area (Å²) in [5.41, 5.74) is 2.18. The van der Waals surface area contributed by atoms with Crippen molar-refractivity contribution in [1.29, 1.82) is 0 Å². The molecule has 0 heterocycles. The molecular formula is C27H25F2NO6. The van der Waals surface area contributed by atoms with Crippen molar-refractivity contribution in [2.24, 2.45) is 0 Å². The summed E-state index contributed by atoms with van der Waals surface area (Å²) < 4.78 is 44.2. The maximum absolute atomic E-state index is 12.6. The van der Waals surface area contributed by atoms with Gasteiger partial charge in [-0.3, -0.25) is 4.79 Å². The topological polar surface area (TPSA) is 83.1 Å². The predicted molar refractivity (Wildman–Crippen MR) is 129 cm³/mol. The second-order valence-corrected chi connectivity index (χ2v) is 7.44. The van der Waals surface area contributed by atoms with Crippen LogP contribution >= 0.6 is 0 Å². The Bertz CT molecular complexity index is 1110. The van der Waals surface area contributed by atoms with Gasteiger partial charge >= 0.3 is 12.6 Å². The largest absolute Gasteiger partial charge is 0.497 e. The summed E-state index contributed by atoms with van der Waals surface area (Å²) in [6.45, 7) is -3.41. The lowest BCUT2D eigenvalue weighted by atomic mass is 9.98. The van der Waals surface area contributed by atoms with E-state index in [0.717, 1.165) is 17.2 Å². The normalized spacial score (nSPS) is 10.9. The zero-order valence-corrected chi connectivity index (χ0v) is 19.7. The molecule has 0 aromatic heterocycles. The van der Waals surface area contributed by atoms with Crippen LogP contribution in [0.15, 0.2) is 78.9 Å². The second-order valence-electron chi connectivity index (χ2n) is 7.44. The van der Waals surface area contributed by atoms with Crippen LogP contribution in [0.4, 0.5) is 8.78 Å². The molecule has 0 radical (unpaired) electrons. The zero-order chi connectivity index (χ0) is 25.9. The maximum atomic E-state index is 12.6. The van der Waals surface area contributed by atoms with E-state index in [-0.39, 0.29) is 5.75 Å². The smallest absolute Gasteiger partial charge is 0.387 e. The molecule has 0 bridgehead atoms. The molecule has 0 aliphatic heterocycles. The number of methoxy groups -OCH3 is 2. The molecule has 0 atom stereocenters. The van der Waals surface area contributed by atoms with E-state index >= 15 is 0 Å². The van der Waals surface area contributed by atoms with Crippen molar-refractivity contribution in [1.82, 2.24) is 5.32 Å². The number of esters is 1. The minimum Gasteiger partial charge on any atom is -0.497 e. The number of halogens is 2. The van der Waals surface area contributed by atoms with Crippen molar-refractivity contribution in [2.45, 2.75) is 12.7 Å². The number of carbonyl (C=O) groups is 2. The fourth-order valence-electron chi connectivity index (χ4n) is 3.26. The van der Waals surface area contributed by atoms with Crippen molar-refractivity contribution in [2.75, 3.05) is 20.8 Å². The van der Waals surface area contributed by atoms with Gasteiger partial charge in [-0.15, -0.1) is 0 Å². The van der Waals surface area contributed by atoms with Gasteiger partial charge in [-0.05, 0) is 59.2 Å². The lowest BCUT2D eigenvalue weighted by molar-refractivity contribution is -0.143. The Morgan fingerprint density at radius 2 is 1.31 bits per heavy atom. The zero-order valence-electron chi connectivity index (χ0n) is 19.7. The number of hydrogen-bond acceptors (Lipinski definition) is 6. The Hall–Kier alpha value is -4.40. The van der Waals surface area contributed by atoms with Crippen LogP contribution in [0.25, 0.3) is 6.08 Å². The van der Waals surface area contributed by atoms with E-state index in [1.165, 1.54) is 30.3 Å². The van der Waals surface area contributed by atoms with Gasteiger partial charge in [0.2, 0.25) is 0 Å². The number of rotatable bonds is 11. The van der Waals surface area contributed by atoms with E-state index in [0.29, 0.717) is 17.1 Å². The SMILES string of the molecule is COc1ccc(C(NC(=O)COC(=O)/C=C/c2ccc(OC(F)F)cc2)c2ccc(OC)cc2)cc1. The summed E-state index contributed by atoms with van der Waals surface area (Å²) in [6, 6.07) is 19.7. The lowest BCUT2D eigenvalue weighted by Crippen LogP contribution is -2.33. The van der Waals surface area contributed by atoms with Gasteiger partial charge in [0, 0.05) is 6.08 Å². The van der Waals surface area contributed by atoms with Crippen LogP contribution in [0.5, 0.6) is 17.2 Å². The number of ether oxygens (including phenoxy) is 4. The Kier molecular flexibility index (Phi) is 9.39. The lowest BCUT2D eigenvalue weighted by Gasteiger charge is -2.20. The molecule has 188 valence electrons. The van der Waals surface area contributed by atoms with Gasteiger partial charge in [0.05, 0.1) is 20.3 Å². The first-order valence-corrected chi connectivity index (χ1v) is 10.8. The standard InChI is InChI=1S/C27H25F2NO6/c1-33-21-12-6-19(7-13-21)26(20-8-14-22(34-2)15-9-20)30-24(31)17-35-25(32)16-5-18-3-10-23(11-4-18)36-27(28)29/h3-16,26-27H,17H2,1-2H3,(H,30,31)/b16-5+. The van der Waals surface area contributed by atoms with E-state index in [4.69, 9.17) is 14.2 Å². The Labute approximate surface area is 207 Å². The molecular weight excluding hydrogens is 472 g/mol. The quantitative estimate of drug-likeness (QED) is 0.304. The van der Waals surface area contributed by atoms with E-state index in [9.17, 15) is 18.4 Å². The van der Waals surface area contributed by atoms with Crippen LogP contribution in [-0.4, -0.2) is 39.3 Å². The molecule has 0 aliphatic carbocycles. The van der Waals surface area contributed by atoms with E-state index in [1.807, 2.05) is 24.3 Å². The van der Waals surface area contributed by atoms with Crippen molar-refractivity contribution in [3.05, 3.63) is 95.6 Å². The highest BCUT2D eigenvalue weighted by atomic mass is 19.3. The molecule has 7 nitrogen and oxygen atoms in total. The third kappa shape index (κ3) is 7.83. The van der Waals surface area contributed by atoms with Gasteiger partial charge in [0.25, 0.3) is 5.91 Å². The Balaban J connectivity index is 1.61. The molecule has 0 fully saturated rings. The van der Waals surface area contributed by atoms with Gasteiger partial charge in [-0.1, -0.05) is 36.4 Å². The second kappa shape index (κ2) is 12.9. The number of nitrogens with one attached hydrogen (secondary N) is 1. The molecule has 0 spiro atoms. The Morgan fingerprint density at radius 1 is 0.806 bits per heavy atom. The summed E-state index contributed by atoms with van der Waals surface area (Å²) in [6.07, 6.45) is 2.57. The Morgan fingerprint density at radius 3 is 1.78 bits per heavy atom. The molecule has 0 aliphatic rings. The number of carbonyl (C=O) groups excluding carboxylic acids is 2. The number of alkyl halides is 2. The highest BCUT2D eigenvalue weighted by molar-refractivity contribution is 5.89. The van der Waals surface area contributed by atoms with Gasteiger partial charge in [-0.2, -0.15) is 8.78 Å². The third-order valence-corrected chi connectivity index (χ3v) is 5.07. The third-order valence-electron chi connectivity index (χ3n) is 5.07. The van der Waals surface area contributed by atoms with Crippen molar-refractivity contribution >= 4 is 18.0 Å². The molecule has 1 N–H and O–H groups in total. The summed E-state index contributed by atoms with van der Waals surface area (Å²) in [4.78, 5) is 24.7. The van der Waals surface area contributed by atoms with Gasteiger partial charge < -0.3 is 24.3 Å². The van der Waals surface area contributed by atoms with Crippen molar-refractivity contribution < 1.29 is 37.3 Å². The van der Waals surface area contributed by atoms with Gasteiger partial charge in [0.1, 0.15) is 17.2 Å². The minimum atomic E-state index is -2.92. The number of amides is 1. The van der Waals surface area contributed by atoms with Gasteiger partial charge in [0.15, 0.2) is 6.61 Å². The fourth-order valence-corrected chi connectivity index (χ4v) is 3.26. The summed E-state index contributed by atoms with van der Waals surface area (Å²) >= 11 is 0. The predicted octanol–water partition coefficient (Wildman–Crippen LogP) is 4.77. The van der Waals surface area contributed by atoms with Crippen molar-refractivity contribution in [3.8, 4) is 17.2 Å². The van der Waals surface area contributed by atoms with Crippen LogP contribution in [-0.2, 0) is 14.3 Å². The van der Waals surface area contributed by atoms with Crippen LogP contribution in [0.2, 0.25) is 0 Å². The van der Waals surface area contributed by atoms with E-state index in [2.05, 4.69) is 10.1 Å². The summed E-state index contributed by atoms with van der Waals surface area (Å²) in [5, 5.41) is 2.88. The summed E-state index contributed by atoms with van der Waals surface area (Å²) in [5.74, 6) is 0.126. The summed E-state index contributed by atoms with van der Waals surface area (Å²) in [7, 11) is 3.13. The molecule has 0 saturated heterocycles. The van der Waals surface area contributed by atoms with E-state index < -0.39 is 31.1 Å². The molecule has 1 amide bonds. The van der Waals surface area contributed by atoms with Crippen LogP contribution in [0, 0.1) is 0 Å². The molecule has 0 saturated carbocycles. The maximum Gasteiger partial charge on any atom is 0.387 e. The fraction of sp³-hybridized carbons (Fsp3) is 0.185. The number of hydrogen-bond donors (Lipinski definition) is 1. The van der Waals surface area contributed by atoms with Crippen LogP contribution < -0.4 is 19.5 Å². The van der Waals surface area contributed by atoms with Crippen LogP contribution in [0.3, 0.4) is 0 Å². The first kappa shape index (κ1) is 26.2. The monoisotopic (exact) mass is 497 g/mol. The van der Waals surface area contributed by atoms with Gasteiger partial charge in [-0.25, -0.2) is 4.79 Å².